The lowest BCUT2D eigenvalue weighted by Gasteiger charge is -2.36. The van der Waals surface area contributed by atoms with Gasteiger partial charge in [-0.3, -0.25) is 0 Å². The van der Waals surface area contributed by atoms with E-state index in [-0.39, 0.29) is 17.6 Å². The topological polar surface area (TPSA) is 27.7 Å². The molecule has 0 saturated carbocycles. The summed E-state index contributed by atoms with van der Waals surface area (Å²) in [6.45, 7) is 4.55. The Kier molecular flexibility index (Phi) is 3.36. The summed E-state index contributed by atoms with van der Waals surface area (Å²) in [5, 5.41) is 0. The molecule has 1 aromatic carbocycles. The zero-order chi connectivity index (χ0) is 12.6. The van der Waals surface area contributed by atoms with Gasteiger partial charge in [0.2, 0.25) is 0 Å². The second-order valence-corrected chi connectivity index (χ2v) is 6.37. The third kappa shape index (κ3) is 2.72. The molecular weight excluding hydrogens is 248 g/mol. The Hall–Kier alpha value is -0.550. The second-order valence-electron chi connectivity index (χ2n) is 5.14. The van der Waals surface area contributed by atoms with Gasteiger partial charge in [-0.2, -0.15) is 0 Å². The standard InChI is InChI=1S/C14H18O3S/c1-14(2)15-9-12-11(17-14)8-13(16-12)18-10-6-4-3-5-7-10/h3-7,11-13H,8-9H2,1-2H3/t11-,12+,13+/m0/s1. The van der Waals surface area contributed by atoms with Crippen LogP contribution in [0.4, 0.5) is 0 Å². The molecule has 0 bridgehead atoms. The first-order valence-electron chi connectivity index (χ1n) is 6.31. The first-order chi connectivity index (χ1) is 8.62. The van der Waals surface area contributed by atoms with Gasteiger partial charge in [0.25, 0.3) is 0 Å². The summed E-state index contributed by atoms with van der Waals surface area (Å²) in [7, 11) is 0. The molecule has 3 rings (SSSR count). The van der Waals surface area contributed by atoms with Gasteiger partial charge in [0.15, 0.2) is 5.79 Å². The Balaban J connectivity index is 1.62. The number of benzene rings is 1. The molecule has 98 valence electrons. The van der Waals surface area contributed by atoms with Gasteiger partial charge in [-0.25, -0.2) is 0 Å². The van der Waals surface area contributed by atoms with Crippen molar-refractivity contribution in [1.82, 2.24) is 0 Å². The van der Waals surface area contributed by atoms with Gasteiger partial charge in [-0.1, -0.05) is 30.0 Å². The minimum atomic E-state index is -0.475. The highest BCUT2D eigenvalue weighted by Gasteiger charge is 2.44. The first-order valence-corrected chi connectivity index (χ1v) is 7.19. The minimum Gasteiger partial charge on any atom is -0.359 e. The highest BCUT2D eigenvalue weighted by atomic mass is 32.2. The van der Waals surface area contributed by atoms with Gasteiger partial charge in [0, 0.05) is 11.3 Å². The molecule has 1 aromatic rings. The van der Waals surface area contributed by atoms with Crippen LogP contribution in [0, 0.1) is 0 Å². The summed E-state index contributed by atoms with van der Waals surface area (Å²) in [6, 6.07) is 10.3. The molecule has 3 atom stereocenters. The van der Waals surface area contributed by atoms with Gasteiger partial charge < -0.3 is 14.2 Å². The van der Waals surface area contributed by atoms with Crippen LogP contribution in [-0.2, 0) is 14.2 Å². The Morgan fingerprint density at radius 2 is 1.94 bits per heavy atom. The second kappa shape index (κ2) is 4.85. The third-order valence-electron chi connectivity index (χ3n) is 3.21. The molecule has 18 heavy (non-hydrogen) atoms. The number of fused-ring (bicyclic) bond motifs is 1. The van der Waals surface area contributed by atoms with E-state index in [0.717, 1.165) is 6.42 Å². The quantitative estimate of drug-likeness (QED) is 0.822. The lowest BCUT2D eigenvalue weighted by atomic mass is 10.1. The lowest BCUT2D eigenvalue weighted by Crippen LogP contribution is -2.46. The average molecular weight is 266 g/mol. The van der Waals surface area contributed by atoms with Crippen LogP contribution < -0.4 is 0 Å². The van der Waals surface area contributed by atoms with Crippen molar-refractivity contribution in [2.24, 2.45) is 0 Å². The molecule has 4 heteroatoms. The van der Waals surface area contributed by atoms with Crippen LogP contribution >= 0.6 is 11.8 Å². The van der Waals surface area contributed by atoms with E-state index in [1.165, 1.54) is 4.90 Å². The van der Waals surface area contributed by atoms with Crippen molar-refractivity contribution in [2.45, 2.75) is 48.6 Å². The van der Waals surface area contributed by atoms with Crippen molar-refractivity contribution in [1.29, 1.82) is 0 Å². The van der Waals surface area contributed by atoms with Crippen molar-refractivity contribution < 1.29 is 14.2 Å². The number of ether oxygens (including phenoxy) is 3. The van der Waals surface area contributed by atoms with Crippen LogP contribution in [0.2, 0.25) is 0 Å². The van der Waals surface area contributed by atoms with E-state index in [4.69, 9.17) is 14.2 Å². The van der Waals surface area contributed by atoms with Crippen molar-refractivity contribution in [2.75, 3.05) is 6.61 Å². The maximum atomic E-state index is 5.98. The molecular formula is C14H18O3S. The molecule has 0 aliphatic carbocycles. The van der Waals surface area contributed by atoms with E-state index in [9.17, 15) is 0 Å². The smallest absolute Gasteiger partial charge is 0.163 e. The third-order valence-corrected chi connectivity index (χ3v) is 4.32. The molecule has 2 heterocycles. The van der Waals surface area contributed by atoms with E-state index < -0.39 is 5.79 Å². The predicted octanol–water partition coefficient (Wildman–Crippen LogP) is 3.05. The number of rotatable bonds is 2. The first kappa shape index (κ1) is 12.5. The number of hydrogen-bond donors (Lipinski definition) is 0. The Morgan fingerprint density at radius 1 is 1.17 bits per heavy atom. The maximum Gasteiger partial charge on any atom is 0.163 e. The summed E-state index contributed by atoms with van der Waals surface area (Å²) in [5.74, 6) is -0.475. The Labute approximate surface area is 112 Å². The van der Waals surface area contributed by atoms with E-state index in [2.05, 4.69) is 12.1 Å². The molecule has 3 nitrogen and oxygen atoms in total. The van der Waals surface area contributed by atoms with Crippen molar-refractivity contribution in [3.05, 3.63) is 30.3 Å². The van der Waals surface area contributed by atoms with Crippen LogP contribution in [0.15, 0.2) is 35.2 Å². The SMILES string of the molecule is CC1(C)OC[C@H]2O[C@H](Sc3ccccc3)C[C@@H]2O1. The lowest BCUT2D eigenvalue weighted by molar-refractivity contribution is -0.292. The van der Waals surface area contributed by atoms with Crippen LogP contribution in [0.1, 0.15) is 20.3 Å². The van der Waals surface area contributed by atoms with Crippen molar-refractivity contribution in [3.63, 3.8) is 0 Å². The van der Waals surface area contributed by atoms with Crippen molar-refractivity contribution >= 4 is 11.8 Å². The summed E-state index contributed by atoms with van der Waals surface area (Å²) in [5.41, 5.74) is 0.167. The summed E-state index contributed by atoms with van der Waals surface area (Å²) >= 11 is 1.76. The normalized spacial score (nSPS) is 34.2. The summed E-state index contributed by atoms with van der Waals surface area (Å²) in [6.07, 6.45) is 1.17. The van der Waals surface area contributed by atoms with Gasteiger partial charge in [0.1, 0.15) is 11.5 Å². The fourth-order valence-corrected chi connectivity index (χ4v) is 3.46. The van der Waals surface area contributed by atoms with Crippen LogP contribution in [0.5, 0.6) is 0 Å². The molecule has 0 amide bonds. The van der Waals surface area contributed by atoms with Gasteiger partial charge in [0.05, 0.1) is 12.7 Å². The average Bonchev–Trinajstić information content (AvgIpc) is 2.70. The van der Waals surface area contributed by atoms with E-state index in [1.54, 1.807) is 11.8 Å². The maximum absolute atomic E-state index is 5.98. The molecule has 0 unspecified atom stereocenters. The molecule has 2 saturated heterocycles. The van der Waals surface area contributed by atoms with Gasteiger partial charge in [-0.15, -0.1) is 0 Å². The molecule has 0 aromatic heterocycles. The number of hydrogen-bond acceptors (Lipinski definition) is 4. The minimum absolute atomic E-state index is 0.0826. The van der Waals surface area contributed by atoms with Gasteiger partial charge >= 0.3 is 0 Å². The van der Waals surface area contributed by atoms with Crippen LogP contribution in [0.25, 0.3) is 0 Å². The molecule has 0 radical (unpaired) electrons. The van der Waals surface area contributed by atoms with Crippen LogP contribution in [0.3, 0.4) is 0 Å². The van der Waals surface area contributed by atoms with E-state index >= 15 is 0 Å². The van der Waals surface area contributed by atoms with Crippen molar-refractivity contribution in [3.8, 4) is 0 Å². The molecule has 2 aliphatic rings. The van der Waals surface area contributed by atoms with Gasteiger partial charge in [-0.05, 0) is 26.0 Å². The van der Waals surface area contributed by atoms with E-state index in [0.29, 0.717) is 6.61 Å². The monoisotopic (exact) mass is 266 g/mol. The zero-order valence-corrected chi connectivity index (χ0v) is 11.5. The van der Waals surface area contributed by atoms with E-state index in [1.807, 2.05) is 32.0 Å². The fraction of sp³-hybridized carbons (Fsp3) is 0.571. The summed E-state index contributed by atoms with van der Waals surface area (Å²) < 4.78 is 17.5. The Bertz CT molecular complexity index is 407. The highest BCUT2D eigenvalue weighted by Crippen LogP contribution is 2.39. The molecule has 0 spiro atoms. The highest BCUT2D eigenvalue weighted by molar-refractivity contribution is 7.99. The fourth-order valence-electron chi connectivity index (χ4n) is 2.36. The molecule has 2 fully saturated rings. The number of thioether (sulfide) groups is 1. The van der Waals surface area contributed by atoms with Crippen LogP contribution in [-0.4, -0.2) is 30.0 Å². The Morgan fingerprint density at radius 3 is 2.72 bits per heavy atom. The summed E-state index contributed by atoms with van der Waals surface area (Å²) in [4.78, 5) is 1.24. The molecule has 2 aliphatic heterocycles. The largest absolute Gasteiger partial charge is 0.359 e. The molecule has 0 N–H and O–H groups in total. The predicted molar refractivity (Wildman–Crippen MR) is 70.5 cm³/mol. The zero-order valence-electron chi connectivity index (χ0n) is 10.7.